The SMILES string of the molecule is CC(C)(C)C(=O)NC(Cc1ccccc1)C(=O)NCCCN1CCOCC1. The van der Waals surface area contributed by atoms with E-state index in [0.29, 0.717) is 13.0 Å². The molecule has 1 unspecified atom stereocenters. The Bertz CT molecular complexity index is 592. The molecule has 0 aromatic heterocycles. The molecule has 1 fully saturated rings. The van der Waals surface area contributed by atoms with Crippen LogP contribution in [0.3, 0.4) is 0 Å². The third kappa shape index (κ3) is 7.69. The molecule has 1 aromatic rings. The lowest BCUT2D eigenvalue weighted by Gasteiger charge is -2.27. The quantitative estimate of drug-likeness (QED) is 0.677. The second kappa shape index (κ2) is 10.4. The zero-order valence-corrected chi connectivity index (χ0v) is 16.8. The summed E-state index contributed by atoms with van der Waals surface area (Å²) >= 11 is 0. The number of carbonyl (C=O) groups is 2. The molecule has 6 nitrogen and oxygen atoms in total. The van der Waals surface area contributed by atoms with Gasteiger partial charge in [-0.05, 0) is 18.5 Å². The number of morpholine rings is 1. The molecule has 2 N–H and O–H groups in total. The zero-order valence-electron chi connectivity index (χ0n) is 16.8. The third-order valence-corrected chi connectivity index (χ3v) is 4.64. The molecule has 0 bridgehead atoms. The highest BCUT2D eigenvalue weighted by molar-refractivity contribution is 5.89. The molecule has 1 aliphatic rings. The van der Waals surface area contributed by atoms with Crippen LogP contribution >= 0.6 is 0 Å². The summed E-state index contributed by atoms with van der Waals surface area (Å²) in [6.07, 6.45) is 1.37. The van der Waals surface area contributed by atoms with Crippen LogP contribution in [0, 0.1) is 5.41 Å². The predicted octanol–water partition coefficient (Wildman–Crippen LogP) is 1.60. The predicted molar refractivity (Wildman–Crippen MR) is 106 cm³/mol. The maximum absolute atomic E-state index is 12.7. The number of amides is 2. The number of carbonyl (C=O) groups excluding carboxylic acids is 2. The molecule has 1 aliphatic heterocycles. The minimum atomic E-state index is -0.567. The Morgan fingerprint density at radius 1 is 1.15 bits per heavy atom. The summed E-state index contributed by atoms with van der Waals surface area (Å²) in [4.78, 5) is 27.4. The van der Waals surface area contributed by atoms with Crippen molar-refractivity contribution in [3.63, 3.8) is 0 Å². The fourth-order valence-electron chi connectivity index (χ4n) is 2.90. The number of hydrogen-bond acceptors (Lipinski definition) is 4. The highest BCUT2D eigenvalue weighted by atomic mass is 16.5. The molecule has 0 aliphatic carbocycles. The Labute approximate surface area is 162 Å². The summed E-state index contributed by atoms with van der Waals surface area (Å²) in [5.74, 6) is -0.245. The van der Waals surface area contributed by atoms with E-state index in [9.17, 15) is 9.59 Å². The van der Waals surface area contributed by atoms with E-state index >= 15 is 0 Å². The van der Waals surface area contributed by atoms with Crippen LogP contribution in [0.25, 0.3) is 0 Å². The van der Waals surface area contributed by atoms with Crippen molar-refractivity contribution in [2.45, 2.75) is 39.7 Å². The fourth-order valence-corrected chi connectivity index (χ4v) is 2.90. The van der Waals surface area contributed by atoms with Gasteiger partial charge >= 0.3 is 0 Å². The van der Waals surface area contributed by atoms with Crippen molar-refractivity contribution >= 4 is 11.8 Å². The maximum atomic E-state index is 12.7. The van der Waals surface area contributed by atoms with Gasteiger partial charge in [-0.15, -0.1) is 0 Å². The molecule has 0 saturated carbocycles. The van der Waals surface area contributed by atoms with Crippen molar-refractivity contribution in [2.75, 3.05) is 39.4 Å². The van der Waals surface area contributed by atoms with Crippen molar-refractivity contribution in [1.82, 2.24) is 15.5 Å². The number of rotatable bonds is 8. The van der Waals surface area contributed by atoms with Gasteiger partial charge in [0.05, 0.1) is 13.2 Å². The highest BCUT2D eigenvalue weighted by Gasteiger charge is 2.27. The van der Waals surface area contributed by atoms with Crippen LogP contribution < -0.4 is 10.6 Å². The summed E-state index contributed by atoms with van der Waals surface area (Å²) in [5.41, 5.74) is 0.492. The van der Waals surface area contributed by atoms with Crippen molar-refractivity contribution in [3.05, 3.63) is 35.9 Å². The molecule has 0 radical (unpaired) electrons. The number of hydrogen-bond donors (Lipinski definition) is 2. The molecule has 1 aromatic carbocycles. The van der Waals surface area contributed by atoms with E-state index in [0.717, 1.165) is 44.8 Å². The maximum Gasteiger partial charge on any atom is 0.242 e. The minimum Gasteiger partial charge on any atom is -0.379 e. The largest absolute Gasteiger partial charge is 0.379 e. The lowest BCUT2D eigenvalue weighted by molar-refractivity contribution is -0.133. The standard InChI is InChI=1S/C21H33N3O3/c1-21(2,3)20(26)23-18(16-17-8-5-4-6-9-17)19(25)22-10-7-11-24-12-14-27-15-13-24/h4-6,8-9,18H,7,10-16H2,1-3H3,(H,22,25)(H,23,26). The van der Waals surface area contributed by atoms with Gasteiger partial charge in [0.25, 0.3) is 0 Å². The topological polar surface area (TPSA) is 70.7 Å². The molecule has 1 heterocycles. The van der Waals surface area contributed by atoms with Crippen LogP contribution in [-0.4, -0.2) is 62.1 Å². The molecular weight excluding hydrogens is 342 g/mol. The van der Waals surface area contributed by atoms with Gasteiger partial charge in [0.15, 0.2) is 0 Å². The molecule has 2 rings (SSSR count). The van der Waals surface area contributed by atoms with Crippen LogP contribution in [0.1, 0.15) is 32.8 Å². The number of nitrogens with one attached hydrogen (secondary N) is 2. The van der Waals surface area contributed by atoms with Crippen molar-refractivity contribution < 1.29 is 14.3 Å². The summed E-state index contributed by atoms with van der Waals surface area (Å²) in [5, 5.41) is 5.91. The van der Waals surface area contributed by atoms with E-state index in [2.05, 4.69) is 15.5 Å². The Morgan fingerprint density at radius 2 is 1.81 bits per heavy atom. The average molecular weight is 376 g/mol. The molecular formula is C21H33N3O3. The number of nitrogens with zero attached hydrogens (tertiary/aromatic N) is 1. The van der Waals surface area contributed by atoms with E-state index in [1.54, 1.807) is 0 Å². The second-order valence-electron chi connectivity index (χ2n) is 8.06. The third-order valence-electron chi connectivity index (χ3n) is 4.64. The first-order valence-corrected chi connectivity index (χ1v) is 9.79. The van der Waals surface area contributed by atoms with E-state index in [1.165, 1.54) is 0 Å². The normalized spacial score (nSPS) is 16.6. The summed E-state index contributed by atoms with van der Waals surface area (Å²) in [6, 6.07) is 9.21. The second-order valence-corrected chi connectivity index (χ2v) is 8.06. The minimum absolute atomic E-state index is 0.119. The number of ether oxygens (including phenoxy) is 1. The van der Waals surface area contributed by atoms with Gasteiger partial charge in [0.1, 0.15) is 6.04 Å². The van der Waals surface area contributed by atoms with E-state index in [-0.39, 0.29) is 11.8 Å². The van der Waals surface area contributed by atoms with Crippen LogP contribution in [0.2, 0.25) is 0 Å². The molecule has 2 amide bonds. The molecule has 27 heavy (non-hydrogen) atoms. The molecule has 150 valence electrons. The smallest absolute Gasteiger partial charge is 0.242 e. The van der Waals surface area contributed by atoms with E-state index in [4.69, 9.17) is 4.74 Å². The van der Waals surface area contributed by atoms with Gasteiger partial charge in [-0.1, -0.05) is 51.1 Å². The van der Waals surface area contributed by atoms with Gasteiger partial charge in [0, 0.05) is 31.5 Å². The molecule has 6 heteroatoms. The Kier molecular flexibility index (Phi) is 8.25. The highest BCUT2D eigenvalue weighted by Crippen LogP contribution is 2.14. The van der Waals surface area contributed by atoms with Crippen LogP contribution in [0.15, 0.2) is 30.3 Å². The van der Waals surface area contributed by atoms with Crippen molar-refractivity contribution in [1.29, 1.82) is 0 Å². The summed E-state index contributed by atoms with van der Waals surface area (Å²) in [6.45, 7) is 10.6. The van der Waals surface area contributed by atoms with Crippen molar-refractivity contribution in [2.24, 2.45) is 5.41 Å². The number of benzene rings is 1. The van der Waals surface area contributed by atoms with Gasteiger partial charge in [-0.2, -0.15) is 0 Å². The first kappa shape index (κ1) is 21.4. The zero-order chi connectivity index (χ0) is 19.7. The molecule has 0 spiro atoms. The van der Waals surface area contributed by atoms with Gasteiger partial charge in [-0.3, -0.25) is 14.5 Å². The lowest BCUT2D eigenvalue weighted by atomic mass is 9.94. The van der Waals surface area contributed by atoms with E-state index < -0.39 is 11.5 Å². The van der Waals surface area contributed by atoms with Crippen LogP contribution in [-0.2, 0) is 20.7 Å². The Morgan fingerprint density at radius 3 is 2.44 bits per heavy atom. The van der Waals surface area contributed by atoms with Gasteiger partial charge in [-0.25, -0.2) is 0 Å². The summed E-state index contributed by atoms with van der Waals surface area (Å²) < 4.78 is 5.35. The summed E-state index contributed by atoms with van der Waals surface area (Å²) in [7, 11) is 0. The Hall–Kier alpha value is -1.92. The van der Waals surface area contributed by atoms with Crippen LogP contribution in [0.5, 0.6) is 0 Å². The lowest BCUT2D eigenvalue weighted by Crippen LogP contribution is -2.51. The van der Waals surface area contributed by atoms with Gasteiger partial charge in [0.2, 0.25) is 11.8 Å². The Balaban J connectivity index is 1.86. The van der Waals surface area contributed by atoms with E-state index in [1.807, 2.05) is 51.1 Å². The van der Waals surface area contributed by atoms with Crippen LogP contribution in [0.4, 0.5) is 0 Å². The molecule has 1 atom stereocenters. The average Bonchev–Trinajstić information content (AvgIpc) is 2.65. The van der Waals surface area contributed by atoms with Crippen molar-refractivity contribution in [3.8, 4) is 0 Å². The van der Waals surface area contributed by atoms with Gasteiger partial charge < -0.3 is 15.4 Å². The first-order chi connectivity index (χ1) is 12.9. The monoisotopic (exact) mass is 375 g/mol. The molecule has 1 saturated heterocycles. The first-order valence-electron chi connectivity index (χ1n) is 9.79. The fraction of sp³-hybridized carbons (Fsp3) is 0.619.